The summed E-state index contributed by atoms with van der Waals surface area (Å²) in [6.07, 6.45) is 1.58. The number of benzene rings is 2. The van der Waals surface area contributed by atoms with Crippen LogP contribution in [-0.4, -0.2) is 35.9 Å². The molecule has 2 aromatic carbocycles. The fourth-order valence-corrected chi connectivity index (χ4v) is 3.08. The number of nitrogens with zero attached hydrogens (tertiary/aromatic N) is 1. The molecule has 3 rings (SSSR count). The van der Waals surface area contributed by atoms with Gasteiger partial charge in [-0.1, -0.05) is 29.8 Å². The highest BCUT2D eigenvalue weighted by Crippen LogP contribution is 2.15. The van der Waals surface area contributed by atoms with E-state index in [-0.39, 0.29) is 11.8 Å². The number of likely N-dealkylation sites (tertiary alicyclic amines) is 1. The molecule has 1 fully saturated rings. The lowest BCUT2D eigenvalue weighted by Gasteiger charge is -2.16. The summed E-state index contributed by atoms with van der Waals surface area (Å²) in [7, 11) is 0. The van der Waals surface area contributed by atoms with Gasteiger partial charge in [0.15, 0.2) is 6.10 Å². The standard InChI is InChI=1S/C22H26N2O3/c1-16-5-11-20(12-6-16)27-17(2)21(25)23-15-18-7-9-19(10-8-18)22(26)24-13-3-4-14-24/h5-12,17H,3-4,13-15H2,1-2H3,(H,23,25). The van der Waals surface area contributed by atoms with Crippen LogP contribution in [0, 0.1) is 6.92 Å². The van der Waals surface area contributed by atoms with E-state index in [0.29, 0.717) is 17.9 Å². The number of hydrogen-bond acceptors (Lipinski definition) is 3. The SMILES string of the molecule is Cc1ccc(OC(C)C(=O)NCc2ccc(C(=O)N3CCCC3)cc2)cc1. The molecule has 0 radical (unpaired) electrons. The lowest BCUT2D eigenvalue weighted by atomic mass is 10.1. The first kappa shape index (κ1) is 19.0. The molecule has 1 N–H and O–H groups in total. The molecule has 0 aromatic heterocycles. The maximum absolute atomic E-state index is 12.3. The van der Waals surface area contributed by atoms with Crippen LogP contribution in [-0.2, 0) is 11.3 Å². The average molecular weight is 366 g/mol. The van der Waals surface area contributed by atoms with Crippen molar-refractivity contribution in [3.05, 3.63) is 65.2 Å². The van der Waals surface area contributed by atoms with Crippen LogP contribution in [0.5, 0.6) is 5.75 Å². The number of rotatable bonds is 6. The van der Waals surface area contributed by atoms with Gasteiger partial charge < -0.3 is 15.0 Å². The molecule has 1 heterocycles. The Hall–Kier alpha value is -2.82. The van der Waals surface area contributed by atoms with Crippen LogP contribution in [0.25, 0.3) is 0 Å². The number of hydrogen-bond donors (Lipinski definition) is 1. The molecule has 0 aliphatic carbocycles. The fraction of sp³-hybridized carbons (Fsp3) is 0.364. The Morgan fingerprint density at radius 2 is 1.67 bits per heavy atom. The van der Waals surface area contributed by atoms with Gasteiger partial charge in [0.05, 0.1) is 0 Å². The van der Waals surface area contributed by atoms with Crippen LogP contribution in [0.3, 0.4) is 0 Å². The third kappa shape index (κ3) is 5.09. The Morgan fingerprint density at radius 1 is 1.04 bits per heavy atom. The molecule has 5 heteroatoms. The molecule has 142 valence electrons. The van der Waals surface area contributed by atoms with E-state index in [4.69, 9.17) is 4.74 Å². The van der Waals surface area contributed by atoms with Crippen molar-refractivity contribution in [1.82, 2.24) is 10.2 Å². The number of carbonyl (C=O) groups excluding carboxylic acids is 2. The van der Waals surface area contributed by atoms with Crippen LogP contribution in [0.2, 0.25) is 0 Å². The number of ether oxygens (including phenoxy) is 1. The lowest BCUT2D eigenvalue weighted by Crippen LogP contribution is -2.35. The summed E-state index contributed by atoms with van der Waals surface area (Å²) in [5.41, 5.74) is 2.79. The van der Waals surface area contributed by atoms with Crippen molar-refractivity contribution in [2.24, 2.45) is 0 Å². The van der Waals surface area contributed by atoms with Crippen molar-refractivity contribution in [1.29, 1.82) is 0 Å². The fourth-order valence-electron chi connectivity index (χ4n) is 3.08. The van der Waals surface area contributed by atoms with Gasteiger partial charge in [0, 0.05) is 25.2 Å². The molecular weight excluding hydrogens is 340 g/mol. The summed E-state index contributed by atoms with van der Waals surface area (Å²) in [6.45, 7) is 5.82. The first-order chi connectivity index (χ1) is 13.0. The maximum atomic E-state index is 12.3. The van der Waals surface area contributed by atoms with E-state index < -0.39 is 6.10 Å². The van der Waals surface area contributed by atoms with Gasteiger partial charge in [-0.25, -0.2) is 0 Å². The molecule has 1 aliphatic rings. The highest BCUT2D eigenvalue weighted by molar-refractivity contribution is 5.94. The van der Waals surface area contributed by atoms with E-state index in [2.05, 4.69) is 5.32 Å². The third-order valence-electron chi connectivity index (χ3n) is 4.76. The Kier molecular flexibility index (Phi) is 6.12. The van der Waals surface area contributed by atoms with Crippen molar-refractivity contribution in [3.8, 4) is 5.75 Å². The second kappa shape index (κ2) is 8.71. The zero-order valence-electron chi connectivity index (χ0n) is 15.9. The molecule has 0 saturated carbocycles. The predicted molar refractivity (Wildman–Crippen MR) is 105 cm³/mol. The molecule has 27 heavy (non-hydrogen) atoms. The van der Waals surface area contributed by atoms with Crippen LogP contribution in [0.1, 0.15) is 41.3 Å². The number of aryl methyl sites for hydroxylation is 1. The largest absolute Gasteiger partial charge is 0.481 e. The summed E-state index contributed by atoms with van der Waals surface area (Å²) < 4.78 is 5.66. The van der Waals surface area contributed by atoms with Crippen LogP contribution in [0.15, 0.2) is 48.5 Å². The van der Waals surface area contributed by atoms with Gasteiger partial charge >= 0.3 is 0 Å². The summed E-state index contributed by atoms with van der Waals surface area (Å²) in [6, 6.07) is 15.0. The predicted octanol–water partition coefficient (Wildman–Crippen LogP) is 3.31. The molecular formula is C22H26N2O3. The van der Waals surface area contributed by atoms with Crippen molar-refractivity contribution >= 4 is 11.8 Å². The highest BCUT2D eigenvalue weighted by atomic mass is 16.5. The van der Waals surface area contributed by atoms with Gasteiger partial charge in [-0.3, -0.25) is 9.59 Å². The molecule has 1 aliphatic heterocycles. The first-order valence-corrected chi connectivity index (χ1v) is 9.42. The Labute approximate surface area is 160 Å². The molecule has 1 saturated heterocycles. The summed E-state index contributed by atoms with van der Waals surface area (Å²) in [5.74, 6) is 0.587. The molecule has 0 spiro atoms. The van der Waals surface area contributed by atoms with Crippen LogP contribution >= 0.6 is 0 Å². The van der Waals surface area contributed by atoms with Gasteiger partial charge in [0.2, 0.25) is 0 Å². The van der Waals surface area contributed by atoms with Crippen molar-refractivity contribution in [2.75, 3.05) is 13.1 Å². The Balaban J connectivity index is 1.49. The minimum Gasteiger partial charge on any atom is -0.481 e. The lowest BCUT2D eigenvalue weighted by molar-refractivity contribution is -0.127. The van der Waals surface area contributed by atoms with Gasteiger partial charge in [0.25, 0.3) is 11.8 Å². The van der Waals surface area contributed by atoms with Gasteiger partial charge in [0.1, 0.15) is 5.75 Å². The normalized spacial score (nSPS) is 14.7. The van der Waals surface area contributed by atoms with E-state index in [1.54, 1.807) is 6.92 Å². The summed E-state index contributed by atoms with van der Waals surface area (Å²) in [4.78, 5) is 26.5. The summed E-state index contributed by atoms with van der Waals surface area (Å²) >= 11 is 0. The van der Waals surface area contributed by atoms with E-state index >= 15 is 0 Å². The molecule has 2 amide bonds. The molecule has 2 aromatic rings. The maximum Gasteiger partial charge on any atom is 0.261 e. The summed E-state index contributed by atoms with van der Waals surface area (Å²) in [5, 5.41) is 2.87. The molecule has 1 atom stereocenters. The van der Waals surface area contributed by atoms with E-state index in [0.717, 1.165) is 37.1 Å². The minimum absolute atomic E-state index is 0.0863. The molecule has 0 bridgehead atoms. The smallest absolute Gasteiger partial charge is 0.261 e. The van der Waals surface area contributed by atoms with Gasteiger partial charge in [-0.15, -0.1) is 0 Å². The highest BCUT2D eigenvalue weighted by Gasteiger charge is 2.19. The average Bonchev–Trinajstić information content (AvgIpc) is 3.22. The molecule has 5 nitrogen and oxygen atoms in total. The van der Waals surface area contributed by atoms with Gasteiger partial charge in [-0.05, 0) is 56.5 Å². The Bertz CT molecular complexity index is 778. The Morgan fingerprint density at radius 3 is 2.30 bits per heavy atom. The second-order valence-corrected chi connectivity index (χ2v) is 6.99. The number of carbonyl (C=O) groups is 2. The molecule has 1 unspecified atom stereocenters. The quantitative estimate of drug-likeness (QED) is 0.853. The van der Waals surface area contributed by atoms with E-state index in [9.17, 15) is 9.59 Å². The zero-order chi connectivity index (χ0) is 19.2. The minimum atomic E-state index is -0.580. The first-order valence-electron chi connectivity index (χ1n) is 9.42. The van der Waals surface area contributed by atoms with E-state index in [1.807, 2.05) is 60.4 Å². The monoisotopic (exact) mass is 366 g/mol. The van der Waals surface area contributed by atoms with Crippen molar-refractivity contribution < 1.29 is 14.3 Å². The second-order valence-electron chi connectivity index (χ2n) is 6.99. The zero-order valence-corrected chi connectivity index (χ0v) is 15.9. The van der Waals surface area contributed by atoms with Crippen LogP contribution in [0.4, 0.5) is 0 Å². The van der Waals surface area contributed by atoms with Gasteiger partial charge in [-0.2, -0.15) is 0 Å². The third-order valence-corrected chi connectivity index (χ3v) is 4.76. The number of nitrogens with one attached hydrogen (secondary N) is 1. The van der Waals surface area contributed by atoms with E-state index in [1.165, 1.54) is 0 Å². The topological polar surface area (TPSA) is 58.6 Å². The van der Waals surface area contributed by atoms with Crippen molar-refractivity contribution in [2.45, 2.75) is 39.3 Å². The van der Waals surface area contributed by atoms with Crippen LogP contribution < -0.4 is 10.1 Å². The van der Waals surface area contributed by atoms with Crippen molar-refractivity contribution in [3.63, 3.8) is 0 Å². The number of amides is 2.